The van der Waals surface area contributed by atoms with Crippen molar-refractivity contribution < 1.29 is 29.7 Å². The van der Waals surface area contributed by atoms with Gasteiger partial charge in [0.1, 0.15) is 0 Å². The van der Waals surface area contributed by atoms with Crippen LogP contribution in [0.2, 0.25) is 0 Å². The smallest absolute Gasteiger partial charge is 0.353 e. The van der Waals surface area contributed by atoms with E-state index in [4.69, 9.17) is 14.9 Å². The maximum absolute atomic E-state index is 9.96. The van der Waals surface area contributed by atoms with E-state index in [0.29, 0.717) is 0 Å². The highest BCUT2D eigenvalue weighted by Gasteiger charge is 2.31. The molecule has 0 aliphatic carbocycles. The van der Waals surface area contributed by atoms with Crippen LogP contribution in [0.25, 0.3) is 0 Å². The predicted molar refractivity (Wildman–Crippen MR) is 31.3 cm³/mol. The highest BCUT2D eigenvalue weighted by molar-refractivity contribution is 7.53. The van der Waals surface area contributed by atoms with Gasteiger partial charge in [0, 0.05) is 0 Å². The van der Waals surface area contributed by atoms with Crippen LogP contribution in [0.1, 0.15) is 0 Å². The number of hydrogen-bond acceptors (Lipinski definition) is 3. The van der Waals surface area contributed by atoms with Crippen LogP contribution in [0, 0.1) is 0 Å². The SMILES string of the molecule is NC(C(=O)O)P(=O)(O)O.O. The second-order valence-electron chi connectivity index (χ2n) is 1.37. The van der Waals surface area contributed by atoms with Crippen molar-refractivity contribution in [1.82, 2.24) is 0 Å². The van der Waals surface area contributed by atoms with Gasteiger partial charge < -0.3 is 26.1 Å². The van der Waals surface area contributed by atoms with Crippen molar-refractivity contribution in [3.63, 3.8) is 0 Å². The maximum Gasteiger partial charge on any atom is 0.353 e. The van der Waals surface area contributed by atoms with E-state index >= 15 is 0 Å². The Morgan fingerprint density at radius 1 is 1.50 bits per heavy atom. The quantitative estimate of drug-likeness (QED) is 0.344. The summed E-state index contributed by atoms with van der Waals surface area (Å²) in [5, 5.41) is 7.90. The number of carbonyl (C=O) groups is 1. The molecule has 7 N–H and O–H groups in total. The monoisotopic (exact) mass is 173 g/mol. The molecule has 0 fully saturated rings. The number of hydrogen-bond donors (Lipinski definition) is 4. The molecule has 0 bridgehead atoms. The summed E-state index contributed by atoms with van der Waals surface area (Å²) in [6, 6.07) is 0. The summed E-state index contributed by atoms with van der Waals surface area (Å²) in [5.74, 6) is -3.80. The van der Waals surface area contributed by atoms with Crippen molar-refractivity contribution in [2.45, 2.75) is 5.78 Å². The van der Waals surface area contributed by atoms with Crippen LogP contribution in [0.3, 0.4) is 0 Å². The molecule has 8 heteroatoms. The van der Waals surface area contributed by atoms with Crippen LogP contribution in [0.15, 0.2) is 0 Å². The van der Waals surface area contributed by atoms with E-state index in [-0.39, 0.29) is 5.48 Å². The Labute approximate surface area is 55.9 Å². The lowest BCUT2D eigenvalue weighted by molar-refractivity contribution is -0.136. The third-order valence-electron chi connectivity index (χ3n) is 0.615. The molecule has 1 atom stereocenters. The molecule has 0 aliphatic heterocycles. The average molecular weight is 173 g/mol. The summed E-state index contributed by atoms with van der Waals surface area (Å²) in [5.41, 5.74) is 4.53. The second-order valence-corrected chi connectivity index (χ2v) is 3.11. The lowest BCUT2D eigenvalue weighted by Crippen LogP contribution is -2.29. The number of carboxylic acid groups (broad SMARTS) is 1. The molecule has 7 nitrogen and oxygen atoms in total. The maximum atomic E-state index is 9.96. The van der Waals surface area contributed by atoms with Crippen LogP contribution in [-0.2, 0) is 9.36 Å². The predicted octanol–water partition coefficient (Wildman–Crippen LogP) is -2.29. The molecule has 0 saturated heterocycles. The van der Waals surface area contributed by atoms with Gasteiger partial charge in [-0.2, -0.15) is 0 Å². The third-order valence-corrected chi connectivity index (χ3v) is 1.56. The van der Waals surface area contributed by atoms with Gasteiger partial charge >= 0.3 is 13.6 Å². The van der Waals surface area contributed by atoms with Crippen LogP contribution in [-0.4, -0.2) is 32.1 Å². The minimum Gasteiger partial charge on any atom is -0.480 e. The standard InChI is InChI=1S/C2H6NO5P.H2O/c3-1(2(4)5)9(6,7)8;/h1H,3H2,(H,4,5)(H2,6,7,8);1H2. The number of aliphatic carboxylic acids is 1. The molecular weight excluding hydrogens is 165 g/mol. The van der Waals surface area contributed by atoms with Crippen molar-refractivity contribution in [3.8, 4) is 0 Å². The fraction of sp³-hybridized carbons (Fsp3) is 0.500. The molecule has 0 saturated carbocycles. The van der Waals surface area contributed by atoms with E-state index in [9.17, 15) is 9.36 Å². The van der Waals surface area contributed by atoms with Gasteiger partial charge in [-0.15, -0.1) is 0 Å². The second kappa shape index (κ2) is 3.65. The van der Waals surface area contributed by atoms with Gasteiger partial charge in [0.05, 0.1) is 0 Å². The van der Waals surface area contributed by atoms with E-state index in [1.54, 1.807) is 0 Å². The topological polar surface area (TPSA) is 152 Å². The molecule has 10 heavy (non-hydrogen) atoms. The highest BCUT2D eigenvalue weighted by Crippen LogP contribution is 2.37. The molecule has 0 heterocycles. The number of rotatable bonds is 2. The van der Waals surface area contributed by atoms with Gasteiger partial charge in [0.25, 0.3) is 0 Å². The fourth-order valence-electron chi connectivity index (χ4n) is 0.144. The van der Waals surface area contributed by atoms with Gasteiger partial charge in [0.2, 0.25) is 5.78 Å². The molecule has 1 unspecified atom stereocenters. The molecule has 0 amide bonds. The van der Waals surface area contributed by atoms with Gasteiger partial charge in [-0.3, -0.25) is 4.57 Å². The summed E-state index contributed by atoms with van der Waals surface area (Å²) in [6.45, 7) is 0. The van der Waals surface area contributed by atoms with Crippen LogP contribution in [0.5, 0.6) is 0 Å². The Hall–Kier alpha value is -0.460. The van der Waals surface area contributed by atoms with Crippen molar-refractivity contribution in [2.24, 2.45) is 5.73 Å². The van der Waals surface area contributed by atoms with Crippen molar-refractivity contribution in [2.75, 3.05) is 0 Å². The molecule has 62 valence electrons. The zero-order valence-corrected chi connectivity index (χ0v) is 5.65. The Bertz CT molecular complexity index is 161. The van der Waals surface area contributed by atoms with Crippen molar-refractivity contribution >= 4 is 13.6 Å². The first-order chi connectivity index (χ1) is 3.85. The zero-order chi connectivity index (χ0) is 7.65. The van der Waals surface area contributed by atoms with Gasteiger partial charge in [-0.05, 0) is 0 Å². The van der Waals surface area contributed by atoms with Crippen molar-refractivity contribution in [3.05, 3.63) is 0 Å². The molecule has 0 spiro atoms. The Kier molecular flexibility index (Phi) is 4.46. The van der Waals surface area contributed by atoms with Crippen LogP contribution in [0.4, 0.5) is 0 Å². The molecular formula is C2H8NO6P. The van der Waals surface area contributed by atoms with E-state index in [2.05, 4.69) is 5.73 Å². The van der Waals surface area contributed by atoms with Gasteiger partial charge in [-0.1, -0.05) is 0 Å². The molecule has 0 radical (unpaired) electrons. The highest BCUT2D eigenvalue weighted by atomic mass is 31.2. The normalized spacial score (nSPS) is 13.5. The van der Waals surface area contributed by atoms with Crippen molar-refractivity contribution in [1.29, 1.82) is 0 Å². The molecule has 0 aliphatic rings. The summed E-state index contributed by atoms with van der Waals surface area (Å²) in [7, 11) is -4.63. The van der Waals surface area contributed by atoms with E-state index in [1.807, 2.05) is 0 Å². The first-order valence-corrected chi connectivity index (χ1v) is 3.57. The van der Waals surface area contributed by atoms with E-state index < -0.39 is 19.3 Å². The first kappa shape index (κ1) is 12.2. The lowest BCUT2D eigenvalue weighted by Gasteiger charge is -2.06. The lowest BCUT2D eigenvalue weighted by atomic mass is 10.7. The average Bonchev–Trinajstić information content (AvgIpc) is 1.62. The Balaban J connectivity index is 0. The summed E-state index contributed by atoms with van der Waals surface area (Å²) < 4.78 is 9.96. The fourth-order valence-corrected chi connectivity index (χ4v) is 0.432. The minimum absolute atomic E-state index is 0. The Morgan fingerprint density at radius 3 is 1.80 bits per heavy atom. The van der Waals surface area contributed by atoms with Crippen LogP contribution < -0.4 is 5.73 Å². The largest absolute Gasteiger partial charge is 0.480 e. The Morgan fingerprint density at radius 2 is 1.80 bits per heavy atom. The minimum atomic E-state index is -4.63. The van der Waals surface area contributed by atoms with Gasteiger partial charge in [-0.25, -0.2) is 4.79 Å². The van der Waals surface area contributed by atoms with Gasteiger partial charge in [0.15, 0.2) is 0 Å². The molecule has 0 aromatic carbocycles. The third kappa shape index (κ3) is 3.54. The molecule has 0 aromatic rings. The summed E-state index contributed by atoms with van der Waals surface area (Å²) in [6.07, 6.45) is 0. The molecule has 0 rings (SSSR count). The van der Waals surface area contributed by atoms with E-state index in [0.717, 1.165) is 0 Å². The summed E-state index contributed by atoms with van der Waals surface area (Å²) >= 11 is 0. The summed E-state index contributed by atoms with van der Waals surface area (Å²) in [4.78, 5) is 25.9. The van der Waals surface area contributed by atoms with E-state index in [1.165, 1.54) is 0 Å². The molecule has 0 aromatic heterocycles. The first-order valence-electron chi connectivity index (χ1n) is 1.89. The number of carboxylic acids is 1. The van der Waals surface area contributed by atoms with Crippen LogP contribution >= 0.6 is 7.60 Å². The number of nitrogens with two attached hydrogens (primary N) is 1. The zero-order valence-electron chi connectivity index (χ0n) is 4.76.